The summed E-state index contributed by atoms with van der Waals surface area (Å²) in [6.07, 6.45) is 0. The lowest BCUT2D eigenvalue weighted by atomic mass is 9.81. The highest BCUT2D eigenvalue weighted by Gasteiger charge is 2.33. The summed E-state index contributed by atoms with van der Waals surface area (Å²) in [6, 6.07) is 110. The number of halogens is 2. The molecule has 2 aliphatic rings. The van der Waals surface area contributed by atoms with Crippen LogP contribution < -0.4 is 5.46 Å². The third-order valence-electron chi connectivity index (χ3n) is 17.2. The van der Waals surface area contributed by atoms with Crippen molar-refractivity contribution in [1.82, 2.24) is 0 Å². The van der Waals surface area contributed by atoms with Crippen molar-refractivity contribution < 1.29 is 10.0 Å². The van der Waals surface area contributed by atoms with Crippen LogP contribution in [-0.2, 0) is 0 Å². The van der Waals surface area contributed by atoms with Gasteiger partial charge in [0.1, 0.15) is 0 Å². The van der Waals surface area contributed by atoms with Crippen LogP contribution in [0.25, 0.3) is 154 Å². The fourth-order valence-corrected chi connectivity index (χ4v) is 14.4. The minimum Gasteiger partial charge on any atom is -0.423 e. The van der Waals surface area contributed by atoms with Gasteiger partial charge in [0.2, 0.25) is 0 Å². The molecular weight excluding hydrogens is 1190 g/mol. The Balaban J connectivity index is 0.000000131. The normalized spacial score (nSPS) is 11.4. The van der Waals surface area contributed by atoms with E-state index in [0.717, 1.165) is 8.95 Å². The van der Waals surface area contributed by atoms with Crippen molar-refractivity contribution in [3.8, 4) is 111 Å². The largest absolute Gasteiger partial charge is 0.488 e. The Hall–Kier alpha value is -9.72. The fourth-order valence-electron chi connectivity index (χ4n) is 13.6. The molecule has 0 atom stereocenters. The van der Waals surface area contributed by atoms with E-state index in [-0.39, 0.29) is 0 Å². The lowest BCUT2D eigenvalue weighted by Crippen LogP contribution is -2.29. The van der Waals surface area contributed by atoms with Gasteiger partial charge in [0, 0.05) is 8.95 Å². The molecule has 0 bridgehead atoms. The van der Waals surface area contributed by atoms with E-state index in [1.807, 2.05) is 6.07 Å². The quantitative estimate of drug-likeness (QED) is 0.156. The first kappa shape index (κ1) is 54.0. The molecular formula is C82H53BBr2O2. The van der Waals surface area contributed by atoms with Gasteiger partial charge >= 0.3 is 7.12 Å². The highest BCUT2D eigenvalue weighted by atomic mass is 79.9. The smallest absolute Gasteiger partial charge is 0.423 e. The third kappa shape index (κ3) is 9.52. The van der Waals surface area contributed by atoms with Crippen molar-refractivity contribution in [2.45, 2.75) is 0 Å². The molecule has 2 N–H and O–H groups in total. The van der Waals surface area contributed by atoms with Crippen LogP contribution in [0, 0.1) is 0 Å². The summed E-state index contributed by atoms with van der Waals surface area (Å²) in [5.41, 5.74) is 26.3. The Morgan fingerprint density at radius 2 is 0.575 bits per heavy atom. The minimum atomic E-state index is -1.34. The van der Waals surface area contributed by atoms with Crippen molar-refractivity contribution in [3.63, 3.8) is 0 Å². The van der Waals surface area contributed by atoms with E-state index in [1.165, 1.54) is 154 Å². The van der Waals surface area contributed by atoms with Crippen LogP contribution in [0.5, 0.6) is 0 Å². The summed E-state index contributed by atoms with van der Waals surface area (Å²) in [5.74, 6) is 0. The summed E-state index contributed by atoms with van der Waals surface area (Å²) in [5, 5.41) is 27.5. The summed E-state index contributed by atoms with van der Waals surface area (Å²) in [6.45, 7) is 0. The van der Waals surface area contributed by atoms with Crippen LogP contribution in [0.2, 0.25) is 0 Å². The van der Waals surface area contributed by atoms with Gasteiger partial charge in [0.25, 0.3) is 0 Å². The molecule has 0 spiro atoms. The zero-order chi connectivity index (χ0) is 58.5. The summed E-state index contributed by atoms with van der Waals surface area (Å²) < 4.78 is 2.23. The number of hydrogen-bond acceptors (Lipinski definition) is 2. The van der Waals surface area contributed by atoms with E-state index in [2.05, 4.69) is 311 Å². The van der Waals surface area contributed by atoms with Gasteiger partial charge in [-0.3, -0.25) is 0 Å². The van der Waals surface area contributed by atoms with E-state index in [4.69, 9.17) is 10.0 Å². The Morgan fingerprint density at radius 1 is 0.218 bits per heavy atom. The molecule has 0 radical (unpaired) electrons. The standard InChI is InChI=1S/C44H28.C32H18Br2.C6H7BO2/c1-5-14-29(15-6-1)33-24-25-36-39(28-33)41(32-20-11-4-12-21-32)43-37-23-13-22-35-34(30-16-7-2-8-17-30)26-27-38(42(35)37)44(43)40(36)31-18-9-3-10-19-31;33-21-14-15-22-26(18-21)29(20-10-5-2-6-11-20)31-24-13-7-12-23-27(34)17-16-25(30(23)24)32(31)28(22)19-8-3-1-4-9-19;8-7(9)6-4-2-1-3-5-6/h1-28H;1-18H;1-5,8-9H. The average molecular weight is 1240 g/mol. The topological polar surface area (TPSA) is 40.5 Å². The highest BCUT2D eigenvalue weighted by molar-refractivity contribution is 9.11. The van der Waals surface area contributed by atoms with E-state index in [9.17, 15) is 0 Å². The number of rotatable bonds is 7. The first-order valence-electron chi connectivity index (χ1n) is 29.3. The molecule has 410 valence electrons. The molecule has 17 rings (SSSR count). The van der Waals surface area contributed by atoms with Gasteiger partial charge in [-0.15, -0.1) is 0 Å². The Kier molecular flexibility index (Phi) is 14.2. The lowest BCUT2D eigenvalue weighted by Gasteiger charge is -2.21. The maximum Gasteiger partial charge on any atom is 0.488 e. The molecule has 0 fully saturated rings. The maximum atomic E-state index is 8.58. The average Bonchev–Trinajstić information content (AvgIpc) is 1.60. The maximum absolute atomic E-state index is 8.58. The Bertz CT molecular complexity index is 5100. The Labute approximate surface area is 523 Å². The first-order valence-corrected chi connectivity index (χ1v) is 30.9. The van der Waals surface area contributed by atoms with Gasteiger partial charge < -0.3 is 10.0 Å². The molecule has 0 unspecified atom stereocenters. The SMILES string of the molecule is Brc1ccc2c(-c3ccccc3)c3c(c(-c4ccccc4)c2c1)-c1cccc2c(Br)ccc-3c12.OB(O)c1ccccc1.c1ccc(-c2ccc3c(-c4ccccc4)c4c(c(-c5ccccc5)c3c2)-c2cccc3c(-c5ccccc5)ccc-4c23)cc1. The molecule has 0 amide bonds. The molecule has 87 heavy (non-hydrogen) atoms. The van der Waals surface area contributed by atoms with Gasteiger partial charge in [0.05, 0.1) is 0 Å². The summed E-state index contributed by atoms with van der Waals surface area (Å²) >= 11 is 7.57. The van der Waals surface area contributed by atoms with Crippen molar-refractivity contribution in [1.29, 1.82) is 0 Å². The van der Waals surface area contributed by atoms with E-state index in [1.54, 1.807) is 24.3 Å². The molecule has 0 saturated carbocycles. The molecule has 0 saturated heterocycles. The van der Waals surface area contributed by atoms with Crippen LogP contribution in [0.4, 0.5) is 0 Å². The molecule has 0 aromatic heterocycles. The zero-order valence-electron chi connectivity index (χ0n) is 47.2. The molecule has 0 aliphatic heterocycles. The highest BCUT2D eigenvalue weighted by Crippen LogP contribution is 2.60. The monoisotopic (exact) mass is 1240 g/mol. The van der Waals surface area contributed by atoms with Gasteiger partial charge in [0.15, 0.2) is 0 Å². The van der Waals surface area contributed by atoms with E-state index < -0.39 is 7.12 Å². The van der Waals surface area contributed by atoms with E-state index in [0.29, 0.717) is 5.46 Å². The van der Waals surface area contributed by atoms with Crippen LogP contribution >= 0.6 is 31.9 Å². The van der Waals surface area contributed by atoms with Gasteiger partial charge in [-0.1, -0.05) is 317 Å². The molecule has 15 aromatic carbocycles. The third-order valence-corrected chi connectivity index (χ3v) is 18.4. The molecule has 5 heteroatoms. The first-order chi connectivity index (χ1) is 42.9. The molecule has 0 heterocycles. The van der Waals surface area contributed by atoms with Gasteiger partial charge in [-0.05, 0) is 184 Å². The zero-order valence-corrected chi connectivity index (χ0v) is 50.3. The second-order valence-corrected chi connectivity index (χ2v) is 23.9. The lowest BCUT2D eigenvalue weighted by molar-refractivity contribution is 0.426. The van der Waals surface area contributed by atoms with Crippen molar-refractivity contribution in [3.05, 3.63) is 318 Å². The second kappa shape index (κ2) is 22.9. The molecule has 2 nitrogen and oxygen atoms in total. The molecule has 2 aliphatic carbocycles. The second-order valence-electron chi connectivity index (χ2n) is 22.1. The van der Waals surface area contributed by atoms with Crippen molar-refractivity contribution in [2.75, 3.05) is 0 Å². The van der Waals surface area contributed by atoms with Crippen LogP contribution in [0.1, 0.15) is 0 Å². The van der Waals surface area contributed by atoms with E-state index >= 15 is 0 Å². The van der Waals surface area contributed by atoms with Crippen LogP contribution in [-0.4, -0.2) is 17.2 Å². The fraction of sp³-hybridized carbons (Fsp3) is 0. The summed E-state index contributed by atoms with van der Waals surface area (Å²) in [7, 11) is -1.34. The number of fused-ring (bicyclic) bond motifs is 8. The predicted octanol–water partition coefficient (Wildman–Crippen LogP) is 22.2. The predicted molar refractivity (Wildman–Crippen MR) is 376 cm³/mol. The van der Waals surface area contributed by atoms with Crippen molar-refractivity contribution in [2.24, 2.45) is 0 Å². The van der Waals surface area contributed by atoms with Crippen molar-refractivity contribution >= 4 is 87.5 Å². The number of hydrogen-bond donors (Lipinski definition) is 2. The Morgan fingerprint density at radius 3 is 1.03 bits per heavy atom. The van der Waals surface area contributed by atoms with Gasteiger partial charge in [-0.25, -0.2) is 0 Å². The van der Waals surface area contributed by atoms with Crippen LogP contribution in [0.15, 0.2) is 318 Å². The molecule has 15 aromatic rings. The summed E-state index contributed by atoms with van der Waals surface area (Å²) in [4.78, 5) is 0. The minimum absolute atomic E-state index is 0.525. The number of benzene rings is 15. The van der Waals surface area contributed by atoms with Crippen LogP contribution in [0.3, 0.4) is 0 Å². The van der Waals surface area contributed by atoms with Gasteiger partial charge in [-0.2, -0.15) is 0 Å².